The zero-order chi connectivity index (χ0) is 20.5. The number of hydrogen-bond acceptors (Lipinski definition) is 6. The number of rotatable bonds is 9. The van der Waals surface area contributed by atoms with Gasteiger partial charge in [-0.3, -0.25) is 9.69 Å². The van der Waals surface area contributed by atoms with E-state index in [1.165, 1.54) is 25.7 Å². The Kier molecular flexibility index (Phi) is 5.11. The van der Waals surface area contributed by atoms with Crippen LogP contribution in [-0.4, -0.2) is 37.9 Å². The molecule has 2 fully saturated rings. The number of nitrogens with zero attached hydrogens (tertiary/aromatic N) is 2. The zero-order valence-electron chi connectivity index (χ0n) is 17.2. The molecular formula is C23H27N3O4. The summed E-state index contributed by atoms with van der Waals surface area (Å²) in [5, 5.41) is 3.32. The van der Waals surface area contributed by atoms with Gasteiger partial charge in [-0.15, -0.1) is 0 Å². The van der Waals surface area contributed by atoms with Gasteiger partial charge in [0.05, 0.1) is 19.4 Å². The molecule has 3 aliphatic rings. The molecule has 1 amide bonds. The molecule has 1 aliphatic heterocycles. The summed E-state index contributed by atoms with van der Waals surface area (Å²) in [4.78, 5) is 19.0. The standard InChI is InChI=1S/C23H27N3O4/c1-28-21-10-17(6-7-19(21)29-9-8-15-2-3-15)26-14-30-20-11-22(24-12-16-4-5-16)25-13-18(20)23(26)27/h6-7,10-11,13,15-16H,2-5,8-9,12,14H2,1H3,(H,24,25). The minimum atomic E-state index is -0.137. The summed E-state index contributed by atoms with van der Waals surface area (Å²) in [5.74, 6) is 4.04. The summed E-state index contributed by atoms with van der Waals surface area (Å²) in [6.45, 7) is 1.74. The Balaban J connectivity index is 1.29. The van der Waals surface area contributed by atoms with E-state index in [0.717, 1.165) is 30.6 Å². The Labute approximate surface area is 176 Å². The third-order valence-corrected chi connectivity index (χ3v) is 5.90. The van der Waals surface area contributed by atoms with Crippen molar-refractivity contribution >= 4 is 17.4 Å². The van der Waals surface area contributed by atoms with E-state index < -0.39 is 0 Å². The van der Waals surface area contributed by atoms with Gasteiger partial charge in [0.15, 0.2) is 18.2 Å². The van der Waals surface area contributed by atoms with Crippen molar-refractivity contribution in [3.63, 3.8) is 0 Å². The molecule has 1 N–H and O–H groups in total. The molecule has 7 nitrogen and oxygen atoms in total. The van der Waals surface area contributed by atoms with Crippen LogP contribution in [0, 0.1) is 11.8 Å². The maximum absolute atomic E-state index is 13.1. The second kappa shape index (κ2) is 8.05. The molecule has 1 aromatic heterocycles. The highest BCUT2D eigenvalue weighted by Crippen LogP contribution is 2.37. The van der Waals surface area contributed by atoms with Crippen LogP contribution in [0.3, 0.4) is 0 Å². The molecule has 5 rings (SSSR count). The summed E-state index contributed by atoms with van der Waals surface area (Å²) in [6.07, 6.45) is 7.83. The van der Waals surface area contributed by atoms with Gasteiger partial charge in [0.2, 0.25) is 0 Å². The van der Waals surface area contributed by atoms with Crippen molar-refractivity contribution < 1.29 is 19.0 Å². The lowest BCUT2D eigenvalue weighted by Gasteiger charge is -2.29. The number of carbonyl (C=O) groups excluding carboxylic acids is 1. The fourth-order valence-electron chi connectivity index (χ4n) is 3.60. The molecule has 1 aromatic carbocycles. The maximum Gasteiger partial charge on any atom is 0.266 e. The molecule has 0 atom stereocenters. The SMILES string of the molecule is COc1cc(N2COc3cc(NCC4CC4)ncc3C2=O)ccc1OCCC1CC1. The number of nitrogens with one attached hydrogen (secondary N) is 1. The van der Waals surface area contributed by atoms with Crippen molar-refractivity contribution in [1.82, 2.24) is 4.98 Å². The lowest BCUT2D eigenvalue weighted by Crippen LogP contribution is -2.38. The van der Waals surface area contributed by atoms with E-state index in [1.807, 2.05) is 24.3 Å². The smallest absolute Gasteiger partial charge is 0.266 e. The Hall–Kier alpha value is -2.96. The maximum atomic E-state index is 13.1. The molecule has 0 unspecified atom stereocenters. The van der Waals surface area contributed by atoms with E-state index in [-0.39, 0.29) is 12.6 Å². The van der Waals surface area contributed by atoms with E-state index >= 15 is 0 Å². The number of carbonyl (C=O) groups is 1. The summed E-state index contributed by atoms with van der Waals surface area (Å²) in [6, 6.07) is 7.34. The Morgan fingerprint density at radius 2 is 2.00 bits per heavy atom. The molecule has 2 saturated carbocycles. The van der Waals surface area contributed by atoms with Gasteiger partial charge in [-0.1, -0.05) is 12.8 Å². The highest BCUT2D eigenvalue weighted by atomic mass is 16.5. The molecule has 0 radical (unpaired) electrons. The molecule has 30 heavy (non-hydrogen) atoms. The molecule has 2 heterocycles. The van der Waals surface area contributed by atoms with Crippen LogP contribution in [0.15, 0.2) is 30.5 Å². The van der Waals surface area contributed by atoms with E-state index in [4.69, 9.17) is 14.2 Å². The number of amides is 1. The molecule has 7 heteroatoms. The topological polar surface area (TPSA) is 72.9 Å². The number of aromatic nitrogens is 1. The van der Waals surface area contributed by atoms with E-state index in [0.29, 0.717) is 35.1 Å². The highest BCUT2D eigenvalue weighted by Gasteiger charge is 2.29. The lowest BCUT2D eigenvalue weighted by molar-refractivity contribution is 0.0936. The first-order chi connectivity index (χ1) is 14.7. The predicted molar refractivity (Wildman–Crippen MR) is 114 cm³/mol. The third-order valence-electron chi connectivity index (χ3n) is 5.90. The van der Waals surface area contributed by atoms with Gasteiger partial charge in [0.25, 0.3) is 5.91 Å². The van der Waals surface area contributed by atoms with Crippen LogP contribution in [0.25, 0.3) is 0 Å². The van der Waals surface area contributed by atoms with Crippen molar-refractivity contribution in [2.75, 3.05) is 37.2 Å². The molecule has 0 bridgehead atoms. The minimum Gasteiger partial charge on any atom is -0.493 e. The van der Waals surface area contributed by atoms with Crippen LogP contribution in [0.1, 0.15) is 42.5 Å². The van der Waals surface area contributed by atoms with Gasteiger partial charge in [-0.05, 0) is 43.2 Å². The van der Waals surface area contributed by atoms with Gasteiger partial charge >= 0.3 is 0 Å². The minimum absolute atomic E-state index is 0.137. The van der Waals surface area contributed by atoms with Gasteiger partial charge in [-0.25, -0.2) is 4.98 Å². The Bertz CT molecular complexity index is 940. The number of anilines is 2. The van der Waals surface area contributed by atoms with Crippen LogP contribution in [0.4, 0.5) is 11.5 Å². The number of hydrogen-bond donors (Lipinski definition) is 1. The van der Waals surface area contributed by atoms with Gasteiger partial charge in [0.1, 0.15) is 17.1 Å². The van der Waals surface area contributed by atoms with Crippen molar-refractivity contribution in [2.24, 2.45) is 11.8 Å². The quantitative estimate of drug-likeness (QED) is 0.673. The highest BCUT2D eigenvalue weighted by molar-refractivity contribution is 6.08. The third kappa shape index (κ3) is 4.15. The van der Waals surface area contributed by atoms with E-state index in [2.05, 4.69) is 10.3 Å². The van der Waals surface area contributed by atoms with Crippen LogP contribution in [-0.2, 0) is 0 Å². The number of methoxy groups -OCH3 is 1. The summed E-state index contributed by atoms with van der Waals surface area (Å²) < 4.78 is 17.3. The van der Waals surface area contributed by atoms with Crippen molar-refractivity contribution in [3.05, 3.63) is 36.0 Å². The van der Waals surface area contributed by atoms with E-state index in [1.54, 1.807) is 18.2 Å². The van der Waals surface area contributed by atoms with Crippen LogP contribution < -0.4 is 24.4 Å². The summed E-state index contributed by atoms with van der Waals surface area (Å²) in [5.41, 5.74) is 1.16. The number of fused-ring (bicyclic) bond motifs is 1. The molecule has 2 aromatic rings. The molecular weight excluding hydrogens is 382 g/mol. The average molecular weight is 409 g/mol. The van der Waals surface area contributed by atoms with Crippen LogP contribution in [0.5, 0.6) is 17.2 Å². The number of benzene rings is 1. The average Bonchev–Trinajstić information content (AvgIpc) is 3.68. The van der Waals surface area contributed by atoms with Crippen LogP contribution in [0.2, 0.25) is 0 Å². The Morgan fingerprint density at radius 3 is 2.77 bits per heavy atom. The largest absolute Gasteiger partial charge is 0.493 e. The van der Waals surface area contributed by atoms with E-state index in [9.17, 15) is 4.79 Å². The Morgan fingerprint density at radius 1 is 1.17 bits per heavy atom. The predicted octanol–water partition coefficient (Wildman–Crippen LogP) is 4.09. The van der Waals surface area contributed by atoms with Crippen molar-refractivity contribution in [2.45, 2.75) is 32.1 Å². The number of ether oxygens (including phenoxy) is 3. The summed E-state index contributed by atoms with van der Waals surface area (Å²) >= 11 is 0. The van der Waals surface area contributed by atoms with Gasteiger partial charge in [-0.2, -0.15) is 0 Å². The first kappa shape index (κ1) is 19.0. The first-order valence-electron chi connectivity index (χ1n) is 10.7. The monoisotopic (exact) mass is 409 g/mol. The molecule has 158 valence electrons. The normalized spacial score (nSPS) is 17.9. The molecule has 0 saturated heterocycles. The number of pyridine rings is 1. The van der Waals surface area contributed by atoms with Crippen LogP contribution >= 0.6 is 0 Å². The second-order valence-electron chi connectivity index (χ2n) is 8.31. The van der Waals surface area contributed by atoms with Crippen molar-refractivity contribution in [3.8, 4) is 17.2 Å². The summed E-state index contributed by atoms with van der Waals surface area (Å²) in [7, 11) is 1.61. The molecule has 0 spiro atoms. The fourth-order valence-corrected chi connectivity index (χ4v) is 3.60. The fraction of sp³-hybridized carbons (Fsp3) is 0.478. The second-order valence-corrected chi connectivity index (χ2v) is 8.31. The van der Waals surface area contributed by atoms with Crippen molar-refractivity contribution in [1.29, 1.82) is 0 Å². The molecule has 2 aliphatic carbocycles. The first-order valence-corrected chi connectivity index (χ1v) is 10.7. The van der Waals surface area contributed by atoms with Gasteiger partial charge < -0.3 is 19.5 Å². The van der Waals surface area contributed by atoms with Gasteiger partial charge in [0, 0.05) is 24.9 Å². The lowest BCUT2D eigenvalue weighted by atomic mass is 10.1. The zero-order valence-corrected chi connectivity index (χ0v) is 17.2.